The number of fused-ring (bicyclic) bond motifs is 1. The Morgan fingerprint density at radius 1 is 1.37 bits per heavy atom. The Labute approximate surface area is 116 Å². The summed E-state index contributed by atoms with van der Waals surface area (Å²) < 4.78 is 5.41. The summed E-state index contributed by atoms with van der Waals surface area (Å²) in [7, 11) is 0. The molecule has 0 bridgehead atoms. The van der Waals surface area contributed by atoms with Crippen molar-refractivity contribution in [1.29, 1.82) is 0 Å². The van der Waals surface area contributed by atoms with Crippen LogP contribution in [0.25, 0.3) is 0 Å². The molecule has 2 aliphatic rings. The number of amides is 1. The standard InChI is InChI=1S/C15H28N2O2/c1-6-10(2)7-16-13-11-8-17(9-12(11)13)14(18)19-15(3,4)5/h10-13,16H,6-9H2,1-5H3. The molecule has 110 valence electrons. The number of carbonyl (C=O) groups excluding carboxylic acids is 1. The SMILES string of the molecule is CCC(C)CNC1C2CN(C(=O)OC(C)(C)C)CC21. The lowest BCUT2D eigenvalue weighted by molar-refractivity contribution is 0.0269. The predicted octanol–water partition coefficient (Wildman–Crippen LogP) is 2.49. The van der Waals surface area contributed by atoms with Crippen LogP contribution in [0.2, 0.25) is 0 Å². The number of likely N-dealkylation sites (tertiary alicyclic amines) is 1. The fourth-order valence-electron chi connectivity index (χ4n) is 2.79. The fourth-order valence-corrected chi connectivity index (χ4v) is 2.79. The van der Waals surface area contributed by atoms with Gasteiger partial charge in [-0.2, -0.15) is 0 Å². The molecule has 0 aromatic rings. The van der Waals surface area contributed by atoms with Crippen molar-refractivity contribution in [3.63, 3.8) is 0 Å². The van der Waals surface area contributed by atoms with Crippen LogP contribution in [0.1, 0.15) is 41.0 Å². The van der Waals surface area contributed by atoms with Gasteiger partial charge in [-0.3, -0.25) is 0 Å². The molecule has 4 heteroatoms. The molecular weight excluding hydrogens is 240 g/mol. The van der Waals surface area contributed by atoms with Crippen molar-refractivity contribution in [3.8, 4) is 0 Å². The van der Waals surface area contributed by atoms with Gasteiger partial charge in [-0.1, -0.05) is 20.3 Å². The van der Waals surface area contributed by atoms with Crippen LogP contribution < -0.4 is 5.32 Å². The Morgan fingerprint density at radius 2 is 1.95 bits per heavy atom. The Bertz CT molecular complexity index is 326. The van der Waals surface area contributed by atoms with Crippen molar-refractivity contribution < 1.29 is 9.53 Å². The maximum absolute atomic E-state index is 11.9. The number of hydrogen-bond donors (Lipinski definition) is 1. The van der Waals surface area contributed by atoms with E-state index in [1.54, 1.807) is 0 Å². The molecule has 0 spiro atoms. The van der Waals surface area contributed by atoms with E-state index in [1.165, 1.54) is 6.42 Å². The molecule has 1 saturated heterocycles. The first kappa shape index (κ1) is 14.6. The second kappa shape index (κ2) is 5.31. The average molecular weight is 268 g/mol. The van der Waals surface area contributed by atoms with Gasteiger partial charge in [-0.15, -0.1) is 0 Å². The molecule has 0 aromatic heterocycles. The number of rotatable bonds is 4. The molecule has 19 heavy (non-hydrogen) atoms. The number of nitrogens with zero attached hydrogens (tertiary/aromatic N) is 1. The molecule has 1 amide bonds. The Balaban J connectivity index is 1.70. The van der Waals surface area contributed by atoms with E-state index in [0.29, 0.717) is 17.9 Å². The summed E-state index contributed by atoms with van der Waals surface area (Å²) >= 11 is 0. The van der Waals surface area contributed by atoms with Gasteiger partial charge >= 0.3 is 6.09 Å². The number of nitrogens with one attached hydrogen (secondary N) is 1. The van der Waals surface area contributed by atoms with Crippen LogP contribution in [-0.4, -0.2) is 42.3 Å². The van der Waals surface area contributed by atoms with Gasteiger partial charge in [0.05, 0.1) is 0 Å². The van der Waals surface area contributed by atoms with Gasteiger partial charge in [0.1, 0.15) is 5.60 Å². The maximum atomic E-state index is 11.9. The molecule has 3 atom stereocenters. The molecule has 2 fully saturated rings. The lowest BCUT2D eigenvalue weighted by Gasteiger charge is -2.26. The van der Waals surface area contributed by atoms with E-state index in [4.69, 9.17) is 4.74 Å². The van der Waals surface area contributed by atoms with E-state index in [2.05, 4.69) is 19.2 Å². The monoisotopic (exact) mass is 268 g/mol. The first-order valence-corrected chi connectivity index (χ1v) is 7.53. The van der Waals surface area contributed by atoms with Crippen molar-refractivity contribution in [2.75, 3.05) is 19.6 Å². The van der Waals surface area contributed by atoms with E-state index in [0.717, 1.165) is 25.6 Å². The third-order valence-electron chi connectivity index (χ3n) is 4.24. The molecule has 3 unspecified atom stereocenters. The Morgan fingerprint density at radius 3 is 2.42 bits per heavy atom. The van der Waals surface area contributed by atoms with Crippen LogP contribution in [0.15, 0.2) is 0 Å². The largest absolute Gasteiger partial charge is 0.444 e. The quantitative estimate of drug-likeness (QED) is 0.851. The molecule has 1 heterocycles. The molecule has 1 N–H and O–H groups in total. The van der Waals surface area contributed by atoms with Crippen LogP contribution in [0.3, 0.4) is 0 Å². The molecule has 4 nitrogen and oxygen atoms in total. The third-order valence-corrected chi connectivity index (χ3v) is 4.24. The minimum Gasteiger partial charge on any atom is -0.444 e. The number of piperidine rings is 1. The summed E-state index contributed by atoms with van der Waals surface area (Å²) in [6.07, 6.45) is 1.07. The normalized spacial score (nSPS) is 31.0. The van der Waals surface area contributed by atoms with Gasteiger partial charge < -0.3 is 15.0 Å². The highest BCUT2D eigenvalue weighted by molar-refractivity contribution is 5.69. The van der Waals surface area contributed by atoms with Crippen molar-refractivity contribution in [2.24, 2.45) is 17.8 Å². The lowest BCUT2D eigenvalue weighted by atomic mass is 10.1. The molecular formula is C15H28N2O2. The van der Waals surface area contributed by atoms with Gasteiger partial charge in [0.25, 0.3) is 0 Å². The summed E-state index contributed by atoms with van der Waals surface area (Å²) in [5.74, 6) is 2.04. The molecule has 1 saturated carbocycles. The predicted molar refractivity (Wildman–Crippen MR) is 76.0 cm³/mol. The maximum Gasteiger partial charge on any atom is 0.410 e. The summed E-state index contributed by atoms with van der Waals surface area (Å²) in [6.45, 7) is 13.1. The van der Waals surface area contributed by atoms with Crippen LogP contribution in [0, 0.1) is 17.8 Å². The van der Waals surface area contributed by atoms with Crippen molar-refractivity contribution in [3.05, 3.63) is 0 Å². The molecule has 1 aliphatic carbocycles. The number of ether oxygens (including phenoxy) is 1. The summed E-state index contributed by atoms with van der Waals surface area (Å²) in [5.41, 5.74) is -0.391. The van der Waals surface area contributed by atoms with Gasteiger partial charge in [0, 0.05) is 19.1 Å². The second-order valence-electron chi connectivity index (χ2n) is 7.16. The van der Waals surface area contributed by atoms with E-state index < -0.39 is 5.60 Å². The topological polar surface area (TPSA) is 41.6 Å². The minimum absolute atomic E-state index is 0.152. The summed E-state index contributed by atoms with van der Waals surface area (Å²) in [5, 5.41) is 3.64. The van der Waals surface area contributed by atoms with Gasteiger partial charge in [-0.25, -0.2) is 4.79 Å². The Hall–Kier alpha value is -0.770. The first-order valence-electron chi connectivity index (χ1n) is 7.53. The number of hydrogen-bond acceptors (Lipinski definition) is 3. The van der Waals surface area contributed by atoms with E-state index >= 15 is 0 Å². The highest BCUT2D eigenvalue weighted by Gasteiger charge is 2.56. The molecule has 0 radical (unpaired) electrons. The smallest absolute Gasteiger partial charge is 0.410 e. The van der Waals surface area contributed by atoms with E-state index in [1.807, 2.05) is 25.7 Å². The molecule has 1 aliphatic heterocycles. The lowest BCUT2D eigenvalue weighted by Crippen LogP contribution is -2.39. The summed E-state index contributed by atoms with van der Waals surface area (Å²) in [6, 6.07) is 0.632. The van der Waals surface area contributed by atoms with Crippen LogP contribution in [0.5, 0.6) is 0 Å². The highest BCUT2D eigenvalue weighted by atomic mass is 16.6. The van der Waals surface area contributed by atoms with Crippen LogP contribution in [-0.2, 0) is 4.74 Å². The summed E-state index contributed by atoms with van der Waals surface area (Å²) in [4.78, 5) is 13.8. The van der Waals surface area contributed by atoms with Crippen molar-refractivity contribution in [2.45, 2.75) is 52.7 Å². The third kappa shape index (κ3) is 3.62. The zero-order valence-electron chi connectivity index (χ0n) is 12.9. The molecule has 2 rings (SSSR count). The zero-order valence-corrected chi connectivity index (χ0v) is 12.9. The average Bonchev–Trinajstić information content (AvgIpc) is 2.75. The second-order valence-corrected chi connectivity index (χ2v) is 7.16. The number of carbonyl (C=O) groups is 1. The van der Waals surface area contributed by atoms with Crippen LogP contribution in [0.4, 0.5) is 4.79 Å². The fraction of sp³-hybridized carbons (Fsp3) is 0.933. The van der Waals surface area contributed by atoms with E-state index in [9.17, 15) is 4.79 Å². The van der Waals surface area contributed by atoms with Gasteiger partial charge in [-0.05, 0) is 45.1 Å². The molecule has 0 aromatic carbocycles. The van der Waals surface area contributed by atoms with Crippen molar-refractivity contribution >= 4 is 6.09 Å². The minimum atomic E-state index is -0.391. The highest BCUT2D eigenvalue weighted by Crippen LogP contribution is 2.45. The van der Waals surface area contributed by atoms with E-state index in [-0.39, 0.29) is 6.09 Å². The van der Waals surface area contributed by atoms with Crippen molar-refractivity contribution in [1.82, 2.24) is 10.2 Å². The zero-order chi connectivity index (χ0) is 14.2. The Kier molecular flexibility index (Phi) is 4.09. The van der Waals surface area contributed by atoms with Gasteiger partial charge in [0.15, 0.2) is 0 Å². The van der Waals surface area contributed by atoms with Gasteiger partial charge in [0.2, 0.25) is 0 Å². The van der Waals surface area contributed by atoms with Crippen LogP contribution >= 0.6 is 0 Å². The first-order chi connectivity index (χ1) is 8.81.